The summed E-state index contributed by atoms with van der Waals surface area (Å²) in [4.78, 5) is 32.3. The molecule has 172 valence electrons. The normalized spacial score (nSPS) is 13.6. The van der Waals surface area contributed by atoms with Gasteiger partial charge >= 0.3 is 0 Å². The van der Waals surface area contributed by atoms with Gasteiger partial charge in [0.2, 0.25) is 11.8 Å². The van der Waals surface area contributed by atoms with Gasteiger partial charge in [0, 0.05) is 18.5 Å². The van der Waals surface area contributed by atoms with Crippen LogP contribution < -0.4 is 19.7 Å². The number of ether oxygens (including phenoxy) is 2. The Morgan fingerprint density at radius 1 is 1.03 bits per heavy atom. The van der Waals surface area contributed by atoms with Crippen LogP contribution in [0, 0.1) is 0 Å². The van der Waals surface area contributed by atoms with Gasteiger partial charge in [-0.05, 0) is 35.4 Å². The first kappa shape index (κ1) is 22.6. The lowest BCUT2D eigenvalue weighted by molar-refractivity contribution is -0.141. The van der Waals surface area contributed by atoms with E-state index in [1.807, 2.05) is 41.8 Å². The molecule has 1 N–H and O–H groups in total. The minimum Gasteiger partial charge on any atom is -0.497 e. The van der Waals surface area contributed by atoms with E-state index in [1.54, 1.807) is 14.2 Å². The van der Waals surface area contributed by atoms with Crippen molar-refractivity contribution in [2.24, 2.45) is 0 Å². The van der Waals surface area contributed by atoms with Crippen LogP contribution in [0.4, 0.5) is 5.13 Å². The van der Waals surface area contributed by atoms with Gasteiger partial charge in [0.1, 0.15) is 11.5 Å². The van der Waals surface area contributed by atoms with Crippen molar-refractivity contribution in [1.29, 1.82) is 0 Å². The van der Waals surface area contributed by atoms with Gasteiger partial charge in [0.05, 0.1) is 39.5 Å². The van der Waals surface area contributed by atoms with Crippen molar-refractivity contribution >= 4 is 28.3 Å². The van der Waals surface area contributed by atoms with E-state index in [4.69, 9.17) is 14.5 Å². The van der Waals surface area contributed by atoms with E-state index in [0.717, 1.165) is 33.5 Å². The van der Waals surface area contributed by atoms with Gasteiger partial charge in [0.25, 0.3) is 0 Å². The monoisotopic (exact) mass is 466 g/mol. The summed E-state index contributed by atoms with van der Waals surface area (Å²) in [5.74, 6) is 1.35. The maximum atomic E-state index is 12.1. The van der Waals surface area contributed by atoms with Crippen LogP contribution in [0.3, 0.4) is 0 Å². The Balaban J connectivity index is 1.57. The molecular weight excluding hydrogens is 440 g/mol. The average Bonchev–Trinajstić information content (AvgIpc) is 3.30. The predicted octanol–water partition coefficient (Wildman–Crippen LogP) is 2.83. The molecule has 0 spiro atoms. The molecule has 2 heterocycles. The highest BCUT2D eigenvalue weighted by atomic mass is 32.1. The Morgan fingerprint density at radius 3 is 2.27 bits per heavy atom. The number of anilines is 1. The Bertz CT molecular complexity index is 1080. The molecule has 2 amide bonds. The zero-order chi connectivity index (χ0) is 23.2. The summed E-state index contributed by atoms with van der Waals surface area (Å²) in [6, 6.07) is 15.9. The highest BCUT2D eigenvalue weighted by Crippen LogP contribution is 2.27. The second-order valence-corrected chi connectivity index (χ2v) is 8.54. The molecule has 0 aliphatic carbocycles. The fourth-order valence-corrected chi connectivity index (χ4v) is 4.45. The van der Waals surface area contributed by atoms with Gasteiger partial charge in [-0.2, -0.15) is 0 Å². The minimum atomic E-state index is -0.150. The Kier molecular flexibility index (Phi) is 7.09. The molecule has 9 heteroatoms. The molecule has 0 radical (unpaired) electrons. The Labute approximate surface area is 196 Å². The van der Waals surface area contributed by atoms with Crippen molar-refractivity contribution < 1.29 is 19.1 Å². The lowest BCUT2D eigenvalue weighted by atomic mass is 10.1. The molecule has 2 aromatic carbocycles. The molecule has 1 saturated heterocycles. The summed E-state index contributed by atoms with van der Waals surface area (Å²) in [6.07, 6.45) is 0. The number of carbonyl (C=O) groups is 2. The number of benzene rings is 2. The van der Waals surface area contributed by atoms with E-state index >= 15 is 0 Å². The lowest BCUT2D eigenvalue weighted by Gasteiger charge is -2.26. The van der Waals surface area contributed by atoms with Crippen LogP contribution in [0.25, 0.3) is 0 Å². The van der Waals surface area contributed by atoms with Crippen molar-refractivity contribution in [2.75, 3.05) is 32.2 Å². The van der Waals surface area contributed by atoms with E-state index in [0.29, 0.717) is 19.6 Å². The zero-order valence-electron chi connectivity index (χ0n) is 18.6. The molecule has 0 saturated carbocycles. The summed E-state index contributed by atoms with van der Waals surface area (Å²) >= 11 is 1.52. The fourth-order valence-electron chi connectivity index (χ4n) is 3.63. The Morgan fingerprint density at radius 2 is 1.67 bits per heavy atom. The third-order valence-electron chi connectivity index (χ3n) is 5.30. The van der Waals surface area contributed by atoms with E-state index in [-0.39, 0.29) is 24.9 Å². The molecule has 8 nitrogen and oxygen atoms in total. The fraction of sp³-hybridized carbons (Fsp3) is 0.292. The quantitative estimate of drug-likeness (QED) is 0.522. The highest BCUT2D eigenvalue weighted by Gasteiger charge is 2.24. The summed E-state index contributed by atoms with van der Waals surface area (Å²) in [7, 11) is 3.31. The number of piperazine rings is 1. The zero-order valence-corrected chi connectivity index (χ0v) is 19.4. The SMILES string of the molecule is COc1cccc(CN(Cc2cccc(OC)c2)c2nc(CN3CC(=O)NCC3=O)cs2)c1. The molecule has 1 aromatic heterocycles. The molecule has 1 fully saturated rings. The number of aromatic nitrogens is 1. The predicted molar refractivity (Wildman–Crippen MR) is 126 cm³/mol. The van der Waals surface area contributed by atoms with Gasteiger partial charge in [-0.25, -0.2) is 4.98 Å². The van der Waals surface area contributed by atoms with Gasteiger partial charge in [-0.15, -0.1) is 11.3 Å². The van der Waals surface area contributed by atoms with Crippen LogP contribution in [0.1, 0.15) is 16.8 Å². The molecule has 0 atom stereocenters. The first-order valence-electron chi connectivity index (χ1n) is 10.5. The summed E-state index contributed by atoms with van der Waals surface area (Å²) < 4.78 is 10.8. The second kappa shape index (κ2) is 10.4. The van der Waals surface area contributed by atoms with Gasteiger partial charge in [-0.3, -0.25) is 9.59 Å². The largest absolute Gasteiger partial charge is 0.497 e. The van der Waals surface area contributed by atoms with Crippen LogP contribution in [0.2, 0.25) is 0 Å². The minimum absolute atomic E-state index is 0.0353. The third kappa shape index (κ3) is 5.81. The summed E-state index contributed by atoms with van der Waals surface area (Å²) in [5.41, 5.74) is 2.95. The van der Waals surface area contributed by atoms with Gasteiger partial charge in [0.15, 0.2) is 5.13 Å². The lowest BCUT2D eigenvalue weighted by Crippen LogP contribution is -2.51. The number of amides is 2. The number of nitrogens with zero attached hydrogens (tertiary/aromatic N) is 3. The first-order chi connectivity index (χ1) is 16.0. The van der Waals surface area contributed by atoms with E-state index in [1.165, 1.54) is 16.2 Å². The number of methoxy groups -OCH3 is 2. The summed E-state index contributed by atoms with van der Waals surface area (Å²) in [5, 5.41) is 5.35. The molecule has 4 rings (SSSR count). The van der Waals surface area contributed by atoms with E-state index in [2.05, 4.69) is 22.3 Å². The topological polar surface area (TPSA) is 84.0 Å². The molecule has 0 unspecified atom stereocenters. The number of hydrogen-bond acceptors (Lipinski definition) is 7. The maximum Gasteiger partial charge on any atom is 0.242 e. The van der Waals surface area contributed by atoms with Crippen LogP contribution in [0.15, 0.2) is 53.9 Å². The smallest absolute Gasteiger partial charge is 0.242 e. The highest BCUT2D eigenvalue weighted by molar-refractivity contribution is 7.13. The number of hydrogen-bond donors (Lipinski definition) is 1. The van der Waals surface area contributed by atoms with Crippen molar-refractivity contribution in [1.82, 2.24) is 15.2 Å². The molecule has 1 aliphatic rings. The summed E-state index contributed by atoms with van der Waals surface area (Å²) in [6.45, 7) is 1.67. The van der Waals surface area contributed by atoms with Crippen molar-refractivity contribution in [2.45, 2.75) is 19.6 Å². The second-order valence-electron chi connectivity index (χ2n) is 7.71. The standard InChI is InChI=1S/C24H26N4O4S/c1-31-20-7-3-5-17(9-20)12-28(13-18-6-4-8-21(10-18)32-2)24-26-19(16-33-24)14-27-15-22(29)25-11-23(27)30/h3-10,16H,11-15H2,1-2H3,(H,25,29). The van der Waals surface area contributed by atoms with Crippen LogP contribution in [-0.2, 0) is 29.2 Å². The molecule has 0 bridgehead atoms. The van der Waals surface area contributed by atoms with Crippen LogP contribution >= 0.6 is 11.3 Å². The number of carbonyl (C=O) groups excluding carboxylic acids is 2. The van der Waals surface area contributed by atoms with Gasteiger partial charge in [-0.1, -0.05) is 24.3 Å². The van der Waals surface area contributed by atoms with Crippen LogP contribution in [-0.4, -0.2) is 49.0 Å². The average molecular weight is 467 g/mol. The van der Waals surface area contributed by atoms with Crippen LogP contribution in [0.5, 0.6) is 11.5 Å². The molecule has 3 aromatic rings. The number of nitrogens with one attached hydrogen (secondary N) is 1. The van der Waals surface area contributed by atoms with Crippen molar-refractivity contribution in [3.8, 4) is 11.5 Å². The van der Waals surface area contributed by atoms with E-state index in [9.17, 15) is 9.59 Å². The molecule has 1 aliphatic heterocycles. The van der Waals surface area contributed by atoms with E-state index < -0.39 is 0 Å². The molecular formula is C24H26N4O4S. The number of thiazole rings is 1. The molecule has 33 heavy (non-hydrogen) atoms. The van der Waals surface area contributed by atoms with Gasteiger partial charge < -0.3 is 24.6 Å². The number of rotatable bonds is 9. The van der Waals surface area contributed by atoms with Crippen molar-refractivity contribution in [3.63, 3.8) is 0 Å². The third-order valence-corrected chi connectivity index (χ3v) is 6.25. The first-order valence-corrected chi connectivity index (χ1v) is 11.4. The Hall–Kier alpha value is -3.59. The van der Waals surface area contributed by atoms with Crippen molar-refractivity contribution in [3.05, 3.63) is 70.7 Å². The maximum absolute atomic E-state index is 12.1.